The van der Waals surface area contributed by atoms with E-state index in [9.17, 15) is 0 Å². The maximum atomic E-state index is 6.21. The van der Waals surface area contributed by atoms with Crippen LogP contribution in [-0.4, -0.2) is 9.97 Å². The first kappa shape index (κ1) is 35.8. The average Bonchev–Trinajstić information content (AvgIpc) is 3.89. The first-order chi connectivity index (χ1) is 30.7. The molecule has 0 saturated heterocycles. The predicted molar refractivity (Wildman–Crippen MR) is 254 cm³/mol. The maximum Gasteiger partial charge on any atom is 0.160 e. The molecule has 62 heavy (non-hydrogen) atoms. The van der Waals surface area contributed by atoms with Crippen LogP contribution in [0.1, 0.15) is 22.3 Å². The number of hydrogen-bond donors (Lipinski definition) is 0. The van der Waals surface area contributed by atoms with Gasteiger partial charge in [0, 0.05) is 27.5 Å². The van der Waals surface area contributed by atoms with Crippen molar-refractivity contribution in [3.63, 3.8) is 0 Å². The Balaban J connectivity index is 0.958. The first-order valence-electron chi connectivity index (χ1n) is 21.1. The van der Waals surface area contributed by atoms with Crippen molar-refractivity contribution in [3.8, 4) is 67.3 Å². The Morgan fingerprint density at radius 2 is 0.855 bits per heavy atom. The van der Waals surface area contributed by atoms with Gasteiger partial charge in [-0.25, -0.2) is 9.97 Å². The number of furan rings is 1. The van der Waals surface area contributed by atoms with Crippen molar-refractivity contribution in [1.82, 2.24) is 9.97 Å². The molecule has 12 rings (SSSR count). The number of nitrogens with zero attached hydrogens (tertiary/aromatic N) is 2. The fourth-order valence-corrected chi connectivity index (χ4v) is 9.78. The van der Waals surface area contributed by atoms with Crippen LogP contribution < -0.4 is 0 Å². The van der Waals surface area contributed by atoms with E-state index in [1.807, 2.05) is 36.4 Å². The maximum absolute atomic E-state index is 6.21. The predicted octanol–water partition coefficient (Wildman–Crippen LogP) is 15.1. The Labute approximate surface area is 360 Å². The summed E-state index contributed by atoms with van der Waals surface area (Å²) < 4.78 is 6.21. The van der Waals surface area contributed by atoms with Crippen molar-refractivity contribution in [1.29, 1.82) is 0 Å². The highest BCUT2D eigenvalue weighted by molar-refractivity contribution is 6.12. The molecule has 0 unspecified atom stereocenters. The molecule has 0 bridgehead atoms. The van der Waals surface area contributed by atoms with Gasteiger partial charge in [-0.1, -0.05) is 200 Å². The van der Waals surface area contributed by atoms with Gasteiger partial charge in [0.1, 0.15) is 11.2 Å². The van der Waals surface area contributed by atoms with E-state index in [0.29, 0.717) is 5.82 Å². The second kappa shape index (κ2) is 14.5. The van der Waals surface area contributed by atoms with E-state index in [2.05, 4.69) is 194 Å². The average molecular weight is 791 g/mol. The standard InChI is InChI=1S/C59H38N2O/c1-4-16-41(17-5-1)58-60-53(40-32-30-39(31-33-40)47-26-15-29-56-57(47)49-25-11-13-28-55(49)62-56)38-54(61-58)44-19-14-18-42(36-44)43-34-35-52-50(37-43)48-24-10-12-27-51(48)59(52,45-20-6-2-7-21-45)46-22-8-3-9-23-46/h1-38H. The largest absolute Gasteiger partial charge is 0.456 e. The fraction of sp³-hybridized carbons (Fsp3) is 0.0169. The third kappa shape index (κ3) is 5.74. The lowest BCUT2D eigenvalue weighted by atomic mass is 9.67. The van der Waals surface area contributed by atoms with Crippen LogP contribution in [0.4, 0.5) is 0 Å². The molecule has 0 radical (unpaired) electrons. The SMILES string of the molecule is c1ccc(-c2nc(-c3ccc(-c4cccc5oc6ccccc6c45)cc3)cc(-c3cccc(-c4ccc5c(c4)-c4ccccc4C5(c4ccccc4)c4ccccc4)c3)n2)cc1. The fourth-order valence-electron chi connectivity index (χ4n) is 9.78. The minimum Gasteiger partial charge on any atom is -0.456 e. The van der Waals surface area contributed by atoms with Crippen molar-refractivity contribution < 1.29 is 4.42 Å². The molecule has 2 heterocycles. The summed E-state index contributed by atoms with van der Waals surface area (Å²) in [6.07, 6.45) is 0. The molecule has 0 saturated carbocycles. The third-order valence-corrected chi connectivity index (χ3v) is 12.6. The number of rotatable bonds is 7. The first-order valence-corrected chi connectivity index (χ1v) is 21.1. The second-order valence-corrected chi connectivity index (χ2v) is 16.1. The topological polar surface area (TPSA) is 38.9 Å². The third-order valence-electron chi connectivity index (χ3n) is 12.6. The molecular weight excluding hydrogens is 753 g/mol. The Hall–Kier alpha value is -8.14. The van der Waals surface area contributed by atoms with Crippen LogP contribution in [0.15, 0.2) is 235 Å². The van der Waals surface area contributed by atoms with Crippen LogP contribution >= 0.6 is 0 Å². The zero-order valence-corrected chi connectivity index (χ0v) is 33.7. The highest BCUT2D eigenvalue weighted by atomic mass is 16.3. The molecule has 0 spiro atoms. The van der Waals surface area contributed by atoms with Crippen LogP contribution in [0.2, 0.25) is 0 Å². The molecule has 9 aromatic carbocycles. The van der Waals surface area contributed by atoms with Gasteiger partial charge in [0.2, 0.25) is 0 Å². The second-order valence-electron chi connectivity index (χ2n) is 16.1. The van der Waals surface area contributed by atoms with Crippen LogP contribution in [0.25, 0.3) is 89.2 Å². The molecule has 0 aliphatic heterocycles. The number of hydrogen-bond acceptors (Lipinski definition) is 3. The highest BCUT2D eigenvalue weighted by Crippen LogP contribution is 2.56. The summed E-state index contributed by atoms with van der Waals surface area (Å²) >= 11 is 0. The zero-order valence-electron chi connectivity index (χ0n) is 33.7. The summed E-state index contributed by atoms with van der Waals surface area (Å²) in [5.41, 5.74) is 18.3. The molecule has 0 fully saturated rings. The smallest absolute Gasteiger partial charge is 0.160 e. The van der Waals surface area contributed by atoms with Gasteiger partial charge in [-0.2, -0.15) is 0 Å². The van der Waals surface area contributed by atoms with Gasteiger partial charge in [-0.15, -0.1) is 0 Å². The Kier molecular flexibility index (Phi) is 8.39. The van der Waals surface area contributed by atoms with Crippen LogP contribution in [0.5, 0.6) is 0 Å². The molecule has 1 aliphatic rings. The van der Waals surface area contributed by atoms with E-state index in [0.717, 1.165) is 72.3 Å². The summed E-state index contributed by atoms with van der Waals surface area (Å²) in [5, 5.41) is 2.25. The van der Waals surface area contributed by atoms with Gasteiger partial charge >= 0.3 is 0 Å². The normalized spacial score (nSPS) is 12.6. The van der Waals surface area contributed by atoms with Crippen molar-refractivity contribution in [3.05, 3.63) is 253 Å². The van der Waals surface area contributed by atoms with Crippen LogP contribution in [0.3, 0.4) is 0 Å². The van der Waals surface area contributed by atoms with E-state index in [4.69, 9.17) is 14.4 Å². The van der Waals surface area contributed by atoms with Gasteiger partial charge in [0.05, 0.1) is 16.8 Å². The molecule has 3 heteroatoms. The Bertz CT molecular complexity index is 3400. The van der Waals surface area contributed by atoms with E-state index in [1.165, 1.54) is 33.4 Å². The molecule has 290 valence electrons. The summed E-state index contributed by atoms with van der Waals surface area (Å²) in [4.78, 5) is 10.4. The molecule has 0 atom stereocenters. The molecular formula is C59H38N2O. The van der Waals surface area contributed by atoms with Crippen molar-refractivity contribution in [2.75, 3.05) is 0 Å². The van der Waals surface area contributed by atoms with Crippen molar-refractivity contribution in [2.45, 2.75) is 5.41 Å². The van der Waals surface area contributed by atoms with E-state index < -0.39 is 5.41 Å². The number of fused-ring (bicyclic) bond motifs is 6. The summed E-state index contributed by atoms with van der Waals surface area (Å²) in [5.74, 6) is 0.689. The number of para-hydroxylation sites is 1. The monoisotopic (exact) mass is 790 g/mol. The minimum atomic E-state index is -0.431. The van der Waals surface area contributed by atoms with Gasteiger partial charge in [0.15, 0.2) is 5.82 Å². The van der Waals surface area contributed by atoms with E-state index >= 15 is 0 Å². The molecule has 1 aliphatic carbocycles. The van der Waals surface area contributed by atoms with E-state index in [-0.39, 0.29) is 0 Å². The molecule has 2 aromatic heterocycles. The van der Waals surface area contributed by atoms with Gasteiger partial charge in [0.25, 0.3) is 0 Å². The number of aromatic nitrogens is 2. The quantitative estimate of drug-likeness (QED) is 0.161. The number of benzene rings is 9. The molecule has 0 amide bonds. The summed E-state index contributed by atoms with van der Waals surface area (Å²) in [6.45, 7) is 0. The van der Waals surface area contributed by atoms with Gasteiger partial charge < -0.3 is 4.42 Å². The van der Waals surface area contributed by atoms with Crippen molar-refractivity contribution in [2.24, 2.45) is 0 Å². The lowest BCUT2D eigenvalue weighted by molar-refractivity contribution is 0.669. The summed E-state index contributed by atoms with van der Waals surface area (Å²) in [6, 6.07) is 82.2. The lowest BCUT2D eigenvalue weighted by Gasteiger charge is -2.33. The van der Waals surface area contributed by atoms with E-state index in [1.54, 1.807) is 0 Å². The molecule has 0 N–H and O–H groups in total. The Morgan fingerprint density at radius 3 is 1.63 bits per heavy atom. The van der Waals surface area contributed by atoms with Gasteiger partial charge in [-0.3, -0.25) is 0 Å². The van der Waals surface area contributed by atoms with Crippen LogP contribution in [0, 0.1) is 0 Å². The Morgan fingerprint density at radius 1 is 0.323 bits per heavy atom. The minimum absolute atomic E-state index is 0.431. The highest BCUT2D eigenvalue weighted by Gasteiger charge is 2.45. The lowest BCUT2D eigenvalue weighted by Crippen LogP contribution is -2.28. The van der Waals surface area contributed by atoms with Crippen molar-refractivity contribution >= 4 is 21.9 Å². The molecule has 3 nitrogen and oxygen atoms in total. The zero-order chi connectivity index (χ0) is 41.0. The molecule has 11 aromatic rings. The van der Waals surface area contributed by atoms with Gasteiger partial charge in [-0.05, 0) is 86.0 Å². The van der Waals surface area contributed by atoms with Crippen LogP contribution in [-0.2, 0) is 5.41 Å². The summed E-state index contributed by atoms with van der Waals surface area (Å²) in [7, 11) is 0.